The van der Waals surface area contributed by atoms with Gasteiger partial charge in [0.15, 0.2) is 0 Å². The summed E-state index contributed by atoms with van der Waals surface area (Å²) in [5, 5.41) is 23.0. The minimum Gasteiger partial charge on any atom is -0.507 e. The molecule has 1 saturated heterocycles. The number of halogens is 1. The average Bonchev–Trinajstić information content (AvgIpc) is 3.44. The van der Waals surface area contributed by atoms with Crippen LogP contribution < -0.4 is 4.74 Å². The van der Waals surface area contributed by atoms with Crippen LogP contribution in [0.25, 0.3) is 16.7 Å². The number of rotatable bonds is 7. The van der Waals surface area contributed by atoms with Gasteiger partial charge in [-0.3, -0.25) is 19.7 Å². The van der Waals surface area contributed by atoms with Crippen molar-refractivity contribution in [3.05, 3.63) is 111 Å². The number of hydrogen-bond acceptors (Lipinski definition) is 6. The molecule has 5 rings (SSSR count). The van der Waals surface area contributed by atoms with Gasteiger partial charge in [0.25, 0.3) is 17.4 Å². The summed E-state index contributed by atoms with van der Waals surface area (Å²) in [7, 11) is 1.57. The Hall–Kier alpha value is -4.99. The third kappa shape index (κ3) is 4.36. The van der Waals surface area contributed by atoms with Crippen molar-refractivity contribution >= 4 is 34.0 Å². The zero-order chi connectivity index (χ0) is 27.0. The number of ketones is 1. The zero-order valence-corrected chi connectivity index (χ0v) is 20.2. The smallest absolute Gasteiger partial charge is 0.295 e. The van der Waals surface area contributed by atoms with Gasteiger partial charge in [0.1, 0.15) is 17.3 Å². The Morgan fingerprint density at radius 1 is 1.13 bits per heavy atom. The van der Waals surface area contributed by atoms with E-state index in [0.29, 0.717) is 17.7 Å². The van der Waals surface area contributed by atoms with Crippen molar-refractivity contribution in [2.75, 3.05) is 13.7 Å². The van der Waals surface area contributed by atoms with Crippen LogP contribution >= 0.6 is 0 Å². The van der Waals surface area contributed by atoms with Crippen LogP contribution in [0.3, 0.4) is 0 Å². The molecule has 0 aliphatic carbocycles. The maximum absolute atomic E-state index is 14.2. The molecule has 1 aliphatic rings. The van der Waals surface area contributed by atoms with E-state index in [4.69, 9.17) is 4.74 Å². The predicted octanol–water partition coefficient (Wildman–Crippen LogP) is 4.89. The number of carbonyl (C=O) groups is 2. The predicted molar refractivity (Wildman–Crippen MR) is 137 cm³/mol. The largest absolute Gasteiger partial charge is 0.507 e. The number of non-ortho nitro benzene ring substituents is 1. The maximum atomic E-state index is 14.2. The summed E-state index contributed by atoms with van der Waals surface area (Å²) in [6.45, 7) is 0.104. The second-order valence-electron chi connectivity index (χ2n) is 8.83. The van der Waals surface area contributed by atoms with Crippen LogP contribution in [0.15, 0.2) is 78.5 Å². The van der Waals surface area contributed by atoms with E-state index in [9.17, 15) is 29.2 Å². The summed E-state index contributed by atoms with van der Waals surface area (Å²) in [6, 6.07) is 15.0. The summed E-state index contributed by atoms with van der Waals surface area (Å²) in [5.74, 6) is -2.14. The first-order chi connectivity index (χ1) is 18.3. The third-order valence-corrected chi connectivity index (χ3v) is 6.65. The molecule has 0 unspecified atom stereocenters. The van der Waals surface area contributed by atoms with Gasteiger partial charge in [-0.15, -0.1) is 0 Å². The first kappa shape index (κ1) is 24.7. The Balaban J connectivity index is 1.55. The highest BCUT2D eigenvalue weighted by molar-refractivity contribution is 6.46. The van der Waals surface area contributed by atoms with Crippen molar-refractivity contribution in [2.24, 2.45) is 0 Å². The van der Waals surface area contributed by atoms with Crippen LogP contribution in [0.4, 0.5) is 10.1 Å². The van der Waals surface area contributed by atoms with Crippen molar-refractivity contribution < 1.29 is 28.7 Å². The molecule has 1 fully saturated rings. The van der Waals surface area contributed by atoms with Gasteiger partial charge in [-0.05, 0) is 60.0 Å². The summed E-state index contributed by atoms with van der Waals surface area (Å²) < 4.78 is 19.5. The number of nitro groups is 1. The number of aromatic nitrogens is 1. The summed E-state index contributed by atoms with van der Waals surface area (Å²) in [6.07, 6.45) is 2.18. The number of Topliss-reactive ketones (excluding diaryl/α,β-unsaturated/α-hetero) is 1. The second kappa shape index (κ2) is 9.81. The number of aliphatic hydroxyl groups is 1. The Morgan fingerprint density at radius 3 is 2.58 bits per heavy atom. The first-order valence-corrected chi connectivity index (χ1v) is 11.7. The lowest BCUT2D eigenvalue weighted by Crippen LogP contribution is -2.31. The van der Waals surface area contributed by atoms with E-state index in [1.165, 1.54) is 47.4 Å². The fourth-order valence-corrected chi connectivity index (χ4v) is 4.76. The SMILES string of the molecule is COc1ccc2[nH]cc(CCN3C(=O)C(=O)C(=C(O)c4ccc([N+](=O)[O-])cc4)[C@H]3c3cccc(F)c3)c2c1. The van der Waals surface area contributed by atoms with Crippen LogP contribution in [0.2, 0.25) is 0 Å². The highest BCUT2D eigenvalue weighted by atomic mass is 19.1. The van der Waals surface area contributed by atoms with Crippen LogP contribution in [-0.4, -0.2) is 45.3 Å². The van der Waals surface area contributed by atoms with E-state index in [-0.39, 0.29) is 23.4 Å². The number of likely N-dealkylation sites (tertiary alicyclic amines) is 1. The van der Waals surface area contributed by atoms with E-state index in [0.717, 1.165) is 16.5 Å². The number of aliphatic hydroxyl groups excluding tert-OH is 1. The Kier molecular flexibility index (Phi) is 6.38. The molecule has 0 spiro atoms. The fraction of sp³-hybridized carbons (Fsp3) is 0.143. The van der Waals surface area contributed by atoms with Gasteiger partial charge >= 0.3 is 0 Å². The summed E-state index contributed by atoms with van der Waals surface area (Å²) in [5.41, 5.74) is 1.79. The lowest BCUT2D eigenvalue weighted by atomic mass is 9.95. The Labute approximate surface area is 215 Å². The number of fused-ring (bicyclic) bond motifs is 1. The molecule has 10 heteroatoms. The van der Waals surface area contributed by atoms with Crippen molar-refractivity contribution in [1.29, 1.82) is 0 Å². The van der Waals surface area contributed by atoms with E-state index in [1.807, 2.05) is 24.4 Å². The van der Waals surface area contributed by atoms with E-state index < -0.39 is 34.2 Å². The van der Waals surface area contributed by atoms with Crippen molar-refractivity contribution in [3.8, 4) is 5.75 Å². The number of ether oxygens (including phenoxy) is 1. The summed E-state index contributed by atoms with van der Waals surface area (Å²) in [4.78, 5) is 41.3. The number of benzene rings is 3. The molecule has 1 amide bonds. The Morgan fingerprint density at radius 2 is 1.89 bits per heavy atom. The van der Waals surface area contributed by atoms with Crippen LogP contribution in [0, 0.1) is 15.9 Å². The van der Waals surface area contributed by atoms with Gasteiger partial charge < -0.3 is 19.7 Å². The lowest BCUT2D eigenvalue weighted by molar-refractivity contribution is -0.384. The van der Waals surface area contributed by atoms with Crippen molar-refractivity contribution in [3.63, 3.8) is 0 Å². The molecule has 0 radical (unpaired) electrons. The molecule has 2 heterocycles. The van der Waals surface area contributed by atoms with Crippen LogP contribution in [0.1, 0.15) is 22.7 Å². The molecule has 9 nitrogen and oxygen atoms in total. The molecule has 4 aromatic rings. The quantitative estimate of drug-likeness (QED) is 0.119. The first-order valence-electron chi connectivity index (χ1n) is 11.7. The van der Waals surface area contributed by atoms with E-state index >= 15 is 0 Å². The molecule has 3 aromatic carbocycles. The molecule has 0 bridgehead atoms. The standard InChI is InChI=1S/C28H22FN3O6/c1-38-21-9-10-23-22(14-21)18(15-30-23)11-12-31-25(17-3-2-4-19(29)13-17)24(27(34)28(31)35)26(33)16-5-7-20(8-6-16)32(36)37/h2-10,13-15,25,30,33H,11-12H2,1H3/t25-/m1/s1. The van der Waals surface area contributed by atoms with Gasteiger partial charge in [-0.2, -0.15) is 0 Å². The number of methoxy groups -OCH3 is 1. The monoisotopic (exact) mass is 515 g/mol. The number of nitro benzene ring substituents is 1. The highest BCUT2D eigenvalue weighted by Crippen LogP contribution is 2.40. The molecule has 1 aliphatic heterocycles. The lowest BCUT2D eigenvalue weighted by Gasteiger charge is -2.25. The van der Waals surface area contributed by atoms with Gasteiger partial charge in [-0.25, -0.2) is 4.39 Å². The minimum absolute atomic E-state index is 0.104. The van der Waals surface area contributed by atoms with E-state index in [1.54, 1.807) is 13.2 Å². The molecule has 1 aromatic heterocycles. The number of hydrogen-bond donors (Lipinski definition) is 2. The molecular formula is C28H22FN3O6. The van der Waals surface area contributed by atoms with Gasteiger partial charge in [0.05, 0.1) is 23.6 Å². The number of amides is 1. The fourth-order valence-electron chi connectivity index (χ4n) is 4.76. The average molecular weight is 515 g/mol. The molecular weight excluding hydrogens is 493 g/mol. The number of carbonyl (C=O) groups excluding carboxylic acids is 2. The third-order valence-electron chi connectivity index (χ3n) is 6.65. The Bertz CT molecular complexity index is 1610. The normalized spacial score (nSPS) is 16.8. The maximum Gasteiger partial charge on any atom is 0.295 e. The summed E-state index contributed by atoms with van der Waals surface area (Å²) >= 11 is 0. The second-order valence-corrected chi connectivity index (χ2v) is 8.83. The van der Waals surface area contributed by atoms with Gasteiger partial charge in [0, 0.05) is 41.3 Å². The molecule has 2 N–H and O–H groups in total. The molecule has 192 valence electrons. The van der Waals surface area contributed by atoms with Crippen LogP contribution in [0.5, 0.6) is 5.75 Å². The zero-order valence-electron chi connectivity index (χ0n) is 20.2. The number of nitrogens with zero attached hydrogens (tertiary/aromatic N) is 2. The minimum atomic E-state index is -1.05. The van der Waals surface area contributed by atoms with E-state index in [2.05, 4.69) is 4.98 Å². The van der Waals surface area contributed by atoms with Crippen molar-refractivity contribution in [1.82, 2.24) is 9.88 Å². The van der Waals surface area contributed by atoms with Gasteiger partial charge in [-0.1, -0.05) is 12.1 Å². The van der Waals surface area contributed by atoms with Crippen molar-refractivity contribution in [2.45, 2.75) is 12.5 Å². The number of nitrogens with one attached hydrogen (secondary N) is 1. The topological polar surface area (TPSA) is 126 Å². The molecule has 0 saturated carbocycles. The molecule has 1 atom stereocenters. The highest BCUT2D eigenvalue weighted by Gasteiger charge is 2.46. The van der Waals surface area contributed by atoms with Crippen LogP contribution in [-0.2, 0) is 16.0 Å². The molecule has 38 heavy (non-hydrogen) atoms. The number of H-pyrrole nitrogens is 1. The number of aromatic amines is 1. The van der Waals surface area contributed by atoms with Gasteiger partial charge in [0.2, 0.25) is 0 Å².